The van der Waals surface area contributed by atoms with Crippen molar-refractivity contribution in [1.82, 2.24) is 10.2 Å². The maximum absolute atomic E-state index is 13.8. The van der Waals surface area contributed by atoms with Gasteiger partial charge in [-0.1, -0.05) is 41.9 Å². The fourth-order valence-electron chi connectivity index (χ4n) is 3.98. The Morgan fingerprint density at radius 1 is 1.15 bits per heavy atom. The van der Waals surface area contributed by atoms with E-state index in [0.29, 0.717) is 11.6 Å². The van der Waals surface area contributed by atoms with Crippen LogP contribution >= 0.6 is 11.6 Å². The number of hydrogen-bond donors (Lipinski definition) is 1. The van der Waals surface area contributed by atoms with Crippen LogP contribution in [0.1, 0.15) is 36.8 Å². The maximum atomic E-state index is 13.8. The van der Waals surface area contributed by atoms with Gasteiger partial charge < -0.3 is 5.32 Å². The summed E-state index contributed by atoms with van der Waals surface area (Å²) in [4.78, 5) is 15.2. The Morgan fingerprint density at radius 2 is 1.89 bits per heavy atom. The van der Waals surface area contributed by atoms with Crippen LogP contribution < -0.4 is 5.32 Å². The quantitative estimate of drug-likeness (QED) is 0.831. The first-order valence-corrected chi connectivity index (χ1v) is 9.97. The Kier molecular flexibility index (Phi) is 5.20. The van der Waals surface area contributed by atoms with Crippen LogP contribution in [-0.2, 0) is 16.8 Å². The van der Waals surface area contributed by atoms with Crippen LogP contribution in [0.25, 0.3) is 0 Å². The topological polar surface area (TPSA) is 32.3 Å². The number of benzene rings is 2. The van der Waals surface area contributed by atoms with E-state index in [1.54, 1.807) is 6.07 Å². The average molecular weight is 387 g/mol. The summed E-state index contributed by atoms with van der Waals surface area (Å²) in [6.07, 6.45) is 3.55. The zero-order valence-electron chi connectivity index (χ0n) is 15.3. The van der Waals surface area contributed by atoms with Crippen molar-refractivity contribution in [2.24, 2.45) is 0 Å². The molecular formula is C22H24ClFN2O. The molecule has 2 aliphatic rings. The summed E-state index contributed by atoms with van der Waals surface area (Å²) in [5.74, 6) is -0.0255. The Balaban J connectivity index is 1.32. The number of amides is 1. The van der Waals surface area contributed by atoms with Crippen LogP contribution in [0, 0.1) is 5.82 Å². The average Bonchev–Trinajstić information content (AvgIpc) is 3.47. The molecule has 4 rings (SSSR count). The molecule has 1 amide bonds. The minimum absolute atomic E-state index is 0.123. The summed E-state index contributed by atoms with van der Waals surface area (Å²) in [6, 6.07) is 14.8. The number of nitrogens with one attached hydrogen (secondary N) is 1. The van der Waals surface area contributed by atoms with Gasteiger partial charge in [-0.3, -0.25) is 9.69 Å². The maximum Gasteiger partial charge on any atom is 0.230 e. The van der Waals surface area contributed by atoms with E-state index in [9.17, 15) is 9.18 Å². The number of carbonyl (C=O) groups excluding carboxylic acids is 1. The monoisotopic (exact) mass is 386 g/mol. The van der Waals surface area contributed by atoms with Crippen molar-refractivity contribution in [3.05, 3.63) is 70.5 Å². The van der Waals surface area contributed by atoms with Gasteiger partial charge in [-0.15, -0.1) is 0 Å². The highest BCUT2D eigenvalue weighted by atomic mass is 35.5. The number of likely N-dealkylation sites (tertiary alicyclic amines) is 1. The van der Waals surface area contributed by atoms with Crippen LogP contribution in [0.2, 0.25) is 5.02 Å². The lowest BCUT2D eigenvalue weighted by Gasteiger charge is -2.33. The third-order valence-electron chi connectivity index (χ3n) is 5.84. The highest BCUT2D eigenvalue weighted by Gasteiger charge is 2.51. The number of carbonyl (C=O) groups is 1. The molecule has 3 nitrogen and oxygen atoms in total. The van der Waals surface area contributed by atoms with E-state index in [4.69, 9.17) is 11.6 Å². The molecule has 0 radical (unpaired) electrons. The number of nitrogens with zero attached hydrogens (tertiary/aromatic N) is 1. The lowest BCUT2D eigenvalue weighted by molar-refractivity contribution is -0.124. The predicted molar refractivity (Wildman–Crippen MR) is 105 cm³/mol. The molecule has 142 valence electrons. The molecule has 1 aliphatic heterocycles. The smallest absolute Gasteiger partial charge is 0.230 e. The number of halogens is 2. The molecular weight excluding hydrogens is 363 g/mol. The summed E-state index contributed by atoms with van der Waals surface area (Å²) in [7, 11) is 0. The lowest BCUT2D eigenvalue weighted by atomic mass is 9.93. The molecule has 2 aromatic rings. The summed E-state index contributed by atoms with van der Waals surface area (Å²) in [5, 5.41) is 3.93. The van der Waals surface area contributed by atoms with E-state index >= 15 is 0 Å². The van der Waals surface area contributed by atoms with Gasteiger partial charge in [0, 0.05) is 36.3 Å². The van der Waals surface area contributed by atoms with Gasteiger partial charge in [0.1, 0.15) is 5.82 Å². The molecule has 0 aromatic heterocycles. The van der Waals surface area contributed by atoms with Gasteiger partial charge in [0.2, 0.25) is 5.91 Å². The van der Waals surface area contributed by atoms with Crippen molar-refractivity contribution < 1.29 is 9.18 Å². The van der Waals surface area contributed by atoms with Gasteiger partial charge >= 0.3 is 0 Å². The van der Waals surface area contributed by atoms with Crippen molar-refractivity contribution in [3.63, 3.8) is 0 Å². The SMILES string of the molecule is O=C(NC1CCN(Cc2ccccc2F)CC1)C1(c2cccc(Cl)c2)CC1. The second-order valence-electron chi connectivity index (χ2n) is 7.71. The van der Waals surface area contributed by atoms with Gasteiger partial charge in [0.15, 0.2) is 0 Å². The van der Waals surface area contributed by atoms with Crippen molar-refractivity contribution in [2.45, 2.75) is 43.7 Å². The van der Waals surface area contributed by atoms with E-state index in [-0.39, 0.29) is 17.8 Å². The van der Waals surface area contributed by atoms with Crippen molar-refractivity contribution >= 4 is 17.5 Å². The molecule has 1 saturated carbocycles. The minimum atomic E-state index is -0.394. The van der Waals surface area contributed by atoms with Gasteiger partial charge in [-0.25, -0.2) is 4.39 Å². The molecule has 2 fully saturated rings. The third kappa shape index (κ3) is 4.02. The molecule has 1 heterocycles. The van der Waals surface area contributed by atoms with E-state index < -0.39 is 5.41 Å². The minimum Gasteiger partial charge on any atom is -0.353 e. The first-order chi connectivity index (χ1) is 13.1. The number of piperidine rings is 1. The Morgan fingerprint density at radius 3 is 2.56 bits per heavy atom. The van der Waals surface area contributed by atoms with Crippen LogP contribution in [0.5, 0.6) is 0 Å². The molecule has 2 aromatic carbocycles. The Bertz CT molecular complexity index is 829. The molecule has 1 saturated heterocycles. The van der Waals surface area contributed by atoms with Crippen molar-refractivity contribution in [2.75, 3.05) is 13.1 Å². The number of rotatable bonds is 5. The molecule has 27 heavy (non-hydrogen) atoms. The lowest BCUT2D eigenvalue weighted by Crippen LogP contribution is -2.47. The molecule has 0 bridgehead atoms. The second-order valence-corrected chi connectivity index (χ2v) is 8.14. The van der Waals surface area contributed by atoms with Crippen LogP contribution in [0.4, 0.5) is 4.39 Å². The summed E-state index contributed by atoms with van der Waals surface area (Å²) < 4.78 is 13.8. The largest absolute Gasteiger partial charge is 0.353 e. The molecule has 0 unspecified atom stereocenters. The van der Waals surface area contributed by atoms with E-state index in [1.165, 1.54) is 6.07 Å². The fourth-order valence-corrected chi connectivity index (χ4v) is 4.17. The second kappa shape index (κ2) is 7.61. The van der Waals surface area contributed by atoms with Crippen LogP contribution in [0.15, 0.2) is 48.5 Å². The van der Waals surface area contributed by atoms with Crippen LogP contribution in [-0.4, -0.2) is 29.9 Å². The first kappa shape index (κ1) is 18.5. The first-order valence-electron chi connectivity index (χ1n) is 9.60. The Hall–Kier alpha value is -1.91. The summed E-state index contributed by atoms with van der Waals surface area (Å²) in [6.45, 7) is 2.35. The predicted octanol–water partition coefficient (Wildman–Crippen LogP) is 4.29. The van der Waals surface area contributed by atoms with Gasteiger partial charge in [0.25, 0.3) is 0 Å². The normalized spacial score (nSPS) is 19.6. The van der Waals surface area contributed by atoms with E-state index in [2.05, 4.69) is 10.2 Å². The van der Waals surface area contributed by atoms with Crippen molar-refractivity contribution in [1.29, 1.82) is 0 Å². The molecule has 1 N–H and O–H groups in total. The van der Waals surface area contributed by atoms with Gasteiger partial charge in [-0.05, 0) is 49.4 Å². The van der Waals surface area contributed by atoms with E-state index in [1.807, 2.05) is 36.4 Å². The summed E-state index contributed by atoms with van der Waals surface area (Å²) in [5.41, 5.74) is 1.36. The molecule has 5 heteroatoms. The molecule has 1 aliphatic carbocycles. The zero-order valence-corrected chi connectivity index (χ0v) is 16.0. The van der Waals surface area contributed by atoms with Gasteiger partial charge in [0.05, 0.1) is 5.41 Å². The summed E-state index contributed by atoms with van der Waals surface area (Å²) >= 11 is 6.10. The Labute approximate surface area is 164 Å². The number of hydrogen-bond acceptors (Lipinski definition) is 2. The van der Waals surface area contributed by atoms with Crippen molar-refractivity contribution in [3.8, 4) is 0 Å². The highest BCUT2D eigenvalue weighted by molar-refractivity contribution is 6.30. The van der Waals surface area contributed by atoms with Crippen LogP contribution in [0.3, 0.4) is 0 Å². The molecule has 0 atom stereocenters. The fraction of sp³-hybridized carbons (Fsp3) is 0.409. The van der Waals surface area contributed by atoms with E-state index in [0.717, 1.165) is 49.9 Å². The van der Waals surface area contributed by atoms with Gasteiger partial charge in [-0.2, -0.15) is 0 Å². The molecule has 0 spiro atoms. The highest BCUT2D eigenvalue weighted by Crippen LogP contribution is 2.49. The standard InChI is InChI=1S/C22H24ClFN2O/c23-18-6-3-5-17(14-18)22(10-11-22)21(27)25-19-8-12-26(13-9-19)15-16-4-1-2-7-20(16)24/h1-7,14,19H,8-13,15H2,(H,25,27). The zero-order chi connectivity index (χ0) is 18.9. The third-order valence-corrected chi connectivity index (χ3v) is 6.07.